The summed E-state index contributed by atoms with van der Waals surface area (Å²) in [5, 5.41) is 8.76. The third-order valence-electron chi connectivity index (χ3n) is 2.83. The summed E-state index contributed by atoms with van der Waals surface area (Å²) in [5.41, 5.74) is 1.07. The van der Waals surface area contributed by atoms with Crippen LogP contribution in [0.3, 0.4) is 0 Å². The highest BCUT2D eigenvalue weighted by atomic mass is 35.5. The lowest BCUT2D eigenvalue weighted by molar-refractivity contribution is -0.119. The van der Waals surface area contributed by atoms with Crippen molar-refractivity contribution >= 4 is 29.1 Å². The molecule has 0 aliphatic rings. The van der Waals surface area contributed by atoms with Gasteiger partial charge in [0.2, 0.25) is 5.91 Å². The molecule has 1 rings (SSSR count). The number of hydrogen-bond acceptors (Lipinski definition) is 4. The summed E-state index contributed by atoms with van der Waals surface area (Å²) in [6.45, 7) is 3.67. The van der Waals surface area contributed by atoms with Crippen LogP contribution in [0.1, 0.15) is 23.7 Å². The number of carbonyl (C=O) groups is 2. The summed E-state index contributed by atoms with van der Waals surface area (Å²) in [4.78, 5) is 23.4. The summed E-state index contributed by atoms with van der Waals surface area (Å²) < 4.78 is 4.86. The zero-order valence-corrected chi connectivity index (χ0v) is 13.6. The van der Waals surface area contributed by atoms with Crippen LogP contribution in [0.15, 0.2) is 18.2 Å². The second-order valence-corrected chi connectivity index (χ2v) is 5.05. The van der Waals surface area contributed by atoms with Gasteiger partial charge in [-0.25, -0.2) is 0 Å². The minimum absolute atomic E-state index is 0.0839. The SMILES string of the molecule is CCCNC(=O)CNc1ccc(C(=O)NCCOC)c(Cl)c1. The quantitative estimate of drug-likeness (QED) is 0.603. The number of methoxy groups -OCH3 is 1. The number of hydrogen-bond donors (Lipinski definition) is 3. The molecular weight excluding hydrogens is 306 g/mol. The van der Waals surface area contributed by atoms with E-state index in [1.807, 2.05) is 6.92 Å². The van der Waals surface area contributed by atoms with Crippen LogP contribution in [-0.2, 0) is 9.53 Å². The van der Waals surface area contributed by atoms with Gasteiger partial charge >= 0.3 is 0 Å². The van der Waals surface area contributed by atoms with E-state index in [9.17, 15) is 9.59 Å². The zero-order valence-electron chi connectivity index (χ0n) is 12.9. The molecule has 0 bridgehead atoms. The summed E-state index contributed by atoms with van der Waals surface area (Å²) in [6, 6.07) is 4.96. The first-order valence-electron chi connectivity index (χ1n) is 7.15. The van der Waals surface area contributed by atoms with Gasteiger partial charge in [0.15, 0.2) is 0 Å². The van der Waals surface area contributed by atoms with Crippen molar-refractivity contribution in [1.82, 2.24) is 10.6 Å². The molecule has 0 radical (unpaired) electrons. The molecule has 0 unspecified atom stereocenters. The van der Waals surface area contributed by atoms with Crippen molar-refractivity contribution in [2.45, 2.75) is 13.3 Å². The highest BCUT2D eigenvalue weighted by Gasteiger charge is 2.10. The van der Waals surface area contributed by atoms with E-state index < -0.39 is 0 Å². The Morgan fingerprint density at radius 3 is 2.64 bits per heavy atom. The Bertz CT molecular complexity index is 509. The first kappa shape index (κ1) is 18.3. The number of rotatable bonds is 9. The second-order valence-electron chi connectivity index (χ2n) is 4.65. The summed E-state index contributed by atoms with van der Waals surface area (Å²) in [7, 11) is 1.57. The lowest BCUT2D eigenvalue weighted by Crippen LogP contribution is -2.30. The minimum atomic E-state index is -0.255. The maximum absolute atomic E-state index is 11.9. The van der Waals surface area contributed by atoms with Crippen LogP contribution >= 0.6 is 11.6 Å². The Kier molecular flexibility index (Phi) is 8.32. The number of ether oxygens (including phenoxy) is 1. The van der Waals surface area contributed by atoms with E-state index in [0.717, 1.165) is 6.42 Å². The molecule has 1 aromatic rings. The highest BCUT2D eigenvalue weighted by Crippen LogP contribution is 2.20. The van der Waals surface area contributed by atoms with Gasteiger partial charge in [-0.3, -0.25) is 9.59 Å². The van der Waals surface area contributed by atoms with E-state index >= 15 is 0 Å². The van der Waals surface area contributed by atoms with E-state index in [1.54, 1.807) is 25.3 Å². The summed E-state index contributed by atoms with van der Waals surface area (Å²) >= 11 is 6.10. The van der Waals surface area contributed by atoms with Gasteiger partial charge in [-0.15, -0.1) is 0 Å². The average Bonchev–Trinajstić information content (AvgIpc) is 2.51. The van der Waals surface area contributed by atoms with E-state index in [2.05, 4.69) is 16.0 Å². The third kappa shape index (κ3) is 6.32. The molecule has 122 valence electrons. The van der Waals surface area contributed by atoms with Crippen LogP contribution in [-0.4, -0.2) is 45.2 Å². The minimum Gasteiger partial charge on any atom is -0.383 e. The van der Waals surface area contributed by atoms with Gasteiger partial charge in [-0.1, -0.05) is 18.5 Å². The number of halogens is 1. The maximum atomic E-state index is 11.9. The van der Waals surface area contributed by atoms with Gasteiger partial charge < -0.3 is 20.7 Å². The van der Waals surface area contributed by atoms with Crippen molar-refractivity contribution in [2.24, 2.45) is 0 Å². The first-order chi connectivity index (χ1) is 10.6. The molecule has 0 saturated carbocycles. The van der Waals surface area contributed by atoms with Crippen molar-refractivity contribution in [1.29, 1.82) is 0 Å². The molecule has 7 heteroatoms. The number of nitrogens with one attached hydrogen (secondary N) is 3. The zero-order chi connectivity index (χ0) is 16.4. The van der Waals surface area contributed by atoms with Crippen LogP contribution in [0.25, 0.3) is 0 Å². The van der Waals surface area contributed by atoms with Crippen molar-refractivity contribution in [3.63, 3.8) is 0 Å². The Balaban J connectivity index is 2.54. The summed E-state index contributed by atoms with van der Waals surface area (Å²) in [6.07, 6.45) is 0.893. The topological polar surface area (TPSA) is 79.5 Å². The largest absolute Gasteiger partial charge is 0.383 e. The predicted octanol–water partition coefficient (Wildman–Crippen LogP) is 1.65. The highest BCUT2D eigenvalue weighted by molar-refractivity contribution is 6.34. The molecule has 2 amide bonds. The monoisotopic (exact) mass is 327 g/mol. The van der Waals surface area contributed by atoms with Crippen LogP contribution in [0.4, 0.5) is 5.69 Å². The molecule has 22 heavy (non-hydrogen) atoms. The average molecular weight is 328 g/mol. The van der Waals surface area contributed by atoms with Gasteiger partial charge in [-0.05, 0) is 24.6 Å². The van der Waals surface area contributed by atoms with Crippen molar-refractivity contribution in [3.05, 3.63) is 28.8 Å². The number of anilines is 1. The molecule has 3 N–H and O–H groups in total. The van der Waals surface area contributed by atoms with Crippen LogP contribution < -0.4 is 16.0 Å². The molecule has 1 aromatic carbocycles. The Labute approximate surface area is 135 Å². The fraction of sp³-hybridized carbons (Fsp3) is 0.467. The number of carbonyl (C=O) groups excluding carboxylic acids is 2. The second kappa shape index (κ2) is 10.0. The molecular formula is C15H22ClN3O3. The Morgan fingerprint density at radius 2 is 2.00 bits per heavy atom. The number of amides is 2. The lowest BCUT2D eigenvalue weighted by Gasteiger charge is -2.10. The molecule has 0 aliphatic heterocycles. The maximum Gasteiger partial charge on any atom is 0.252 e. The van der Waals surface area contributed by atoms with E-state index in [1.165, 1.54) is 0 Å². The molecule has 0 atom stereocenters. The van der Waals surface area contributed by atoms with Gasteiger partial charge in [0.05, 0.1) is 23.7 Å². The number of benzene rings is 1. The smallest absolute Gasteiger partial charge is 0.252 e. The summed E-state index contributed by atoms with van der Waals surface area (Å²) in [5.74, 6) is -0.339. The molecule has 0 heterocycles. The lowest BCUT2D eigenvalue weighted by atomic mass is 10.2. The van der Waals surface area contributed by atoms with E-state index in [-0.39, 0.29) is 18.4 Å². The molecule has 0 aliphatic carbocycles. The van der Waals surface area contributed by atoms with E-state index in [4.69, 9.17) is 16.3 Å². The van der Waals surface area contributed by atoms with Gasteiger partial charge in [-0.2, -0.15) is 0 Å². The molecule has 6 nitrogen and oxygen atoms in total. The standard InChI is InChI=1S/C15H22ClN3O3/c1-3-6-17-14(20)10-19-11-4-5-12(13(16)9-11)15(21)18-7-8-22-2/h4-5,9,19H,3,6-8,10H2,1-2H3,(H,17,20)(H,18,21). The normalized spacial score (nSPS) is 10.1. The fourth-order valence-corrected chi connectivity index (χ4v) is 1.95. The Morgan fingerprint density at radius 1 is 1.23 bits per heavy atom. The molecule has 0 fully saturated rings. The van der Waals surface area contributed by atoms with E-state index in [0.29, 0.717) is 36.0 Å². The first-order valence-corrected chi connectivity index (χ1v) is 7.53. The van der Waals surface area contributed by atoms with Gasteiger partial charge in [0.1, 0.15) is 0 Å². The van der Waals surface area contributed by atoms with Crippen molar-refractivity contribution < 1.29 is 14.3 Å². The van der Waals surface area contributed by atoms with Crippen LogP contribution in [0, 0.1) is 0 Å². The van der Waals surface area contributed by atoms with Crippen LogP contribution in [0.5, 0.6) is 0 Å². The molecule has 0 aromatic heterocycles. The Hall–Kier alpha value is -1.79. The third-order valence-corrected chi connectivity index (χ3v) is 3.14. The van der Waals surface area contributed by atoms with Gasteiger partial charge in [0.25, 0.3) is 5.91 Å². The van der Waals surface area contributed by atoms with Crippen LogP contribution in [0.2, 0.25) is 5.02 Å². The fourth-order valence-electron chi connectivity index (χ4n) is 1.68. The molecule has 0 saturated heterocycles. The predicted molar refractivity (Wildman–Crippen MR) is 87.5 cm³/mol. The van der Waals surface area contributed by atoms with Crippen molar-refractivity contribution in [2.75, 3.05) is 38.7 Å². The van der Waals surface area contributed by atoms with Crippen molar-refractivity contribution in [3.8, 4) is 0 Å². The van der Waals surface area contributed by atoms with Gasteiger partial charge in [0, 0.05) is 25.9 Å². The molecule has 0 spiro atoms.